The van der Waals surface area contributed by atoms with Gasteiger partial charge < -0.3 is 5.11 Å². The number of halogens is 2. The Morgan fingerprint density at radius 3 is 2.31 bits per heavy atom. The fourth-order valence-corrected chi connectivity index (χ4v) is 3.09. The van der Waals surface area contributed by atoms with Crippen LogP contribution in [0.25, 0.3) is 0 Å². The van der Waals surface area contributed by atoms with Crippen LogP contribution in [-0.4, -0.2) is 19.6 Å². The lowest BCUT2D eigenvalue weighted by Gasteiger charge is -2.03. The van der Waals surface area contributed by atoms with Crippen molar-refractivity contribution in [2.75, 3.05) is 0 Å². The molecule has 0 aromatic heterocycles. The molecule has 0 spiro atoms. The molecule has 16 heavy (non-hydrogen) atoms. The van der Waals surface area contributed by atoms with E-state index in [-0.39, 0.29) is 9.38 Å². The maximum Gasteiger partial charge on any atom is 0.200 e. The van der Waals surface area contributed by atoms with Gasteiger partial charge in [-0.2, -0.15) is 0 Å². The van der Waals surface area contributed by atoms with Crippen LogP contribution in [0.5, 0.6) is 0 Å². The second kappa shape index (κ2) is 5.44. The van der Waals surface area contributed by atoms with E-state index in [1.807, 2.05) is 0 Å². The molecule has 1 atom stereocenters. The Morgan fingerprint density at radius 1 is 1.38 bits per heavy atom. The van der Waals surface area contributed by atoms with E-state index in [1.165, 1.54) is 19.1 Å². The van der Waals surface area contributed by atoms with Gasteiger partial charge in [0.25, 0.3) is 0 Å². The highest BCUT2D eigenvalue weighted by Crippen LogP contribution is 2.20. The zero-order chi connectivity index (χ0) is 12.3. The van der Waals surface area contributed by atoms with Crippen molar-refractivity contribution >= 4 is 41.7 Å². The van der Waals surface area contributed by atoms with Crippen molar-refractivity contribution in [1.82, 2.24) is 0 Å². The molecule has 0 bridgehead atoms. The highest BCUT2D eigenvalue weighted by molar-refractivity contribution is 9.11. The van der Waals surface area contributed by atoms with E-state index in [4.69, 9.17) is 0 Å². The van der Waals surface area contributed by atoms with Gasteiger partial charge in [-0.15, -0.1) is 0 Å². The molecule has 1 unspecified atom stereocenters. The molecule has 0 amide bonds. The zero-order valence-corrected chi connectivity index (χ0v) is 12.4. The number of aliphatic hydroxyl groups excluding tert-OH is 1. The predicted octanol–water partition coefficient (Wildman–Crippen LogP) is 2.84. The SMILES string of the molecule is CC(O)/C(Br)=C/S(=O)(=O)c1ccc(Br)cc1. The van der Waals surface area contributed by atoms with Crippen molar-refractivity contribution in [3.8, 4) is 0 Å². The number of hydrogen-bond donors (Lipinski definition) is 1. The topological polar surface area (TPSA) is 54.4 Å². The van der Waals surface area contributed by atoms with Crippen molar-refractivity contribution < 1.29 is 13.5 Å². The van der Waals surface area contributed by atoms with E-state index < -0.39 is 15.9 Å². The maximum atomic E-state index is 11.8. The first-order chi connectivity index (χ1) is 7.33. The number of aliphatic hydroxyl groups is 1. The molecule has 0 fully saturated rings. The summed E-state index contributed by atoms with van der Waals surface area (Å²) >= 11 is 6.24. The van der Waals surface area contributed by atoms with Gasteiger partial charge in [0, 0.05) is 14.4 Å². The third-order valence-corrected chi connectivity index (χ3v) is 5.03. The van der Waals surface area contributed by atoms with Crippen LogP contribution >= 0.6 is 31.9 Å². The second-order valence-corrected chi connectivity index (χ2v) is 6.81. The molecular formula is C10H10Br2O3S. The third kappa shape index (κ3) is 3.69. The zero-order valence-electron chi connectivity index (χ0n) is 8.39. The molecule has 1 aromatic carbocycles. The van der Waals surface area contributed by atoms with Crippen molar-refractivity contribution in [3.63, 3.8) is 0 Å². The lowest BCUT2D eigenvalue weighted by atomic mass is 10.4. The molecule has 0 saturated heterocycles. The standard InChI is InChI=1S/C10H10Br2O3S/c1-7(13)10(12)6-16(14,15)9-4-2-8(11)3-5-9/h2-7,13H,1H3/b10-6-. The van der Waals surface area contributed by atoms with E-state index in [0.29, 0.717) is 0 Å². The first-order valence-corrected chi connectivity index (χ1v) is 7.52. The van der Waals surface area contributed by atoms with Crippen LogP contribution in [0, 0.1) is 0 Å². The van der Waals surface area contributed by atoms with Crippen LogP contribution < -0.4 is 0 Å². The van der Waals surface area contributed by atoms with Crippen molar-refractivity contribution in [2.24, 2.45) is 0 Å². The predicted molar refractivity (Wildman–Crippen MR) is 70.0 cm³/mol. The molecule has 1 aromatic rings. The lowest BCUT2D eigenvalue weighted by molar-refractivity contribution is 0.241. The van der Waals surface area contributed by atoms with Gasteiger partial charge in [0.15, 0.2) is 0 Å². The van der Waals surface area contributed by atoms with Crippen LogP contribution in [0.15, 0.2) is 43.5 Å². The lowest BCUT2D eigenvalue weighted by Crippen LogP contribution is -2.03. The summed E-state index contributed by atoms with van der Waals surface area (Å²) in [5.74, 6) is 0. The van der Waals surface area contributed by atoms with E-state index in [0.717, 1.165) is 9.88 Å². The number of sulfone groups is 1. The fourth-order valence-electron chi connectivity index (χ4n) is 0.939. The summed E-state index contributed by atoms with van der Waals surface area (Å²) < 4.78 is 24.7. The van der Waals surface area contributed by atoms with Crippen LogP contribution in [0.4, 0.5) is 0 Å². The highest BCUT2D eigenvalue weighted by atomic mass is 79.9. The van der Waals surface area contributed by atoms with E-state index in [2.05, 4.69) is 31.9 Å². The summed E-state index contributed by atoms with van der Waals surface area (Å²) in [5, 5.41) is 10.2. The van der Waals surface area contributed by atoms with Gasteiger partial charge in [0.05, 0.1) is 11.0 Å². The molecule has 0 radical (unpaired) electrons. The van der Waals surface area contributed by atoms with Crippen LogP contribution in [0.2, 0.25) is 0 Å². The van der Waals surface area contributed by atoms with E-state index in [1.54, 1.807) is 12.1 Å². The van der Waals surface area contributed by atoms with Crippen LogP contribution in [0.1, 0.15) is 6.92 Å². The minimum Gasteiger partial charge on any atom is -0.388 e. The maximum absolute atomic E-state index is 11.8. The molecule has 3 nitrogen and oxygen atoms in total. The third-order valence-electron chi connectivity index (χ3n) is 1.81. The summed E-state index contributed by atoms with van der Waals surface area (Å²) in [5.41, 5.74) is 0. The van der Waals surface area contributed by atoms with E-state index in [9.17, 15) is 13.5 Å². The van der Waals surface area contributed by atoms with Gasteiger partial charge in [-0.1, -0.05) is 31.9 Å². The van der Waals surface area contributed by atoms with Gasteiger partial charge in [0.1, 0.15) is 0 Å². The van der Waals surface area contributed by atoms with Crippen molar-refractivity contribution in [1.29, 1.82) is 0 Å². The molecule has 1 N–H and O–H groups in total. The Morgan fingerprint density at radius 2 is 1.88 bits per heavy atom. The summed E-state index contributed by atoms with van der Waals surface area (Å²) in [7, 11) is -3.51. The Bertz CT molecular complexity index is 489. The molecule has 1 rings (SSSR count). The molecule has 0 aliphatic carbocycles. The number of hydrogen-bond acceptors (Lipinski definition) is 3. The Labute approximate surface area is 111 Å². The molecule has 0 heterocycles. The summed E-state index contributed by atoms with van der Waals surface area (Å²) in [6, 6.07) is 6.30. The number of rotatable bonds is 3. The van der Waals surface area contributed by atoms with Gasteiger partial charge in [0.2, 0.25) is 9.84 Å². The minimum atomic E-state index is -3.51. The monoisotopic (exact) mass is 368 g/mol. The summed E-state index contributed by atoms with van der Waals surface area (Å²) in [4.78, 5) is 0.188. The van der Waals surface area contributed by atoms with Crippen LogP contribution in [-0.2, 0) is 9.84 Å². The van der Waals surface area contributed by atoms with E-state index >= 15 is 0 Å². The Kier molecular flexibility index (Phi) is 4.73. The van der Waals surface area contributed by atoms with Gasteiger partial charge in [-0.05, 0) is 31.2 Å². The molecule has 6 heteroatoms. The molecular weight excluding hydrogens is 360 g/mol. The van der Waals surface area contributed by atoms with Gasteiger partial charge in [-0.25, -0.2) is 8.42 Å². The first kappa shape index (κ1) is 13.9. The normalized spacial score (nSPS) is 14.9. The van der Waals surface area contributed by atoms with Crippen molar-refractivity contribution in [3.05, 3.63) is 38.6 Å². The first-order valence-electron chi connectivity index (χ1n) is 4.39. The molecule has 0 saturated carbocycles. The average Bonchev–Trinajstić information content (AvgIpc) is 2.17. The van der Waals surface area contributed by atoms with Gasteiger partial charge in [-0.3, -0.25) is 0 Å². The van der Waals surface area contributed by atoms with Gasteiger partial charge >= 0.3 is 0 Å². The minimum absolute atomic E-state index is 0.188. The quantitative estimate of drug-likeness (QED) is 0.891. The second-order valence-electron chi connectivity index (χ2n) is 3.18. The van der Waals surface area contributed by atoms with Crippen molar-refractivity contribution in [2.45, 2.75) is 17.9 Å². The smallest absolute Gasteiger partial charge is 0.200 e. The Hall–Kier alpha value is -0.170. The molecule has 88 valence electrons. The highest BCUT2D eigenvalue weighted by Gasteiger charge is 2.13. The Balaban J connectivity index is 3.13. The summed E-state index contributed by atoms with van der Waals surface area (Å²) in [6.07, 6.45) is -0.842. The molecule has 0 aliphatic rings. The molecule has 0 aliphatic heterocycles. The fraction of sp³-hybridized carbons (Fsp3) is 0.200. The number of benzene rings is 1. The van der Waals surface area contributed by atoms with Crippen LogP contribution in [0.3, 0.4) is 0 Å². The summed E-state index contributed by atoms with van der Waals surface area (Å²) in [6.45, 7) is 1.48. The largest absolute Gasteiger partial charge is 0.388 e. The average molecular weight is 370 g/mol.